The lowest BCUT2D eigenvalue weighted by Crippen LogP contribution is -2.52. The average molecular weight is 556 g/mol. The van der Waals surface area contributed by atoms with E-state index < -0.39 is 28.5 Å². The van der Waals surface area contributed by atoms with Crippen LogP contribution in [-0.4, -0.2) is 44.3 Å². The molecule has 202 valence electrons. The number of nitrogens with zero attached hydrogens (tertiary/aromatic N) is 2. The molecule has 7 nitrogen and oxygen atoms in total. The highest BCUT2D eigenvalue weighted by Gasteiger charge is 2.33. The molecule has 0 heterocycles. The van der Waals surface area contributed by atoms with Crippen LogP contribution in [0.2, 0.25) is 5.02 Å². The molecular weight excluding hydrogens is 522 g/mol. The van der Waals surface area contributed by atoms with E-state index in [0.717, 1.165) is 21.9 Å². The van der Waals surface area contributed by atoms with Crippen LogP contribution < -0.4 is 9.62 Å². The number of nitrogens with one attached hydrogen (secondary N) is 1. The maximum atomic E-state index is 14.0. The summed E-state index contributed by atoms with van der Waals surface area (Å²) in [5, 5.41) is 3.29. The minimum absolute atomic E-state index is 0.0109. The molecule has 2 amide bonds. The topological polar surface area (TPSA) is 86.8 Å². The van der Waals surface area contributed by atoms with Crippen LogP contribution in [0.4, 0.5) is 5.69 Å². The van der Waals surface area contributed by atoms with Crippen molar-refractivity contribution in [1.29, 1.82) is 0 Å². The van der Waals surface area contributed by atoms with Crippen LogP contribution in [0.3, 0.4) is 0 Å². The summed E-state index contributed by atoms with van der Waals surface area (Å²) in [6.07, 6.45) is 1.14. The first-order valence-electron chi connectivity index (χ1n) is 12.6. The van der Waals surface area contributed by atoms with Crippen LogP contribution in [0.5, 0.6) is 0 Å². The third-order valence-electron chi connectivity index (χ3n) is 6.26. The molecule has 1 N–H and O–H groups in total. The van der Waals surface area contributed by atoms with Crippen molar-refractivity contribution in [1.82, 2.24) is 10.2 Å². The van der Waals surface area contributed by atoms with E-state index in [9.17, 15) is 18.0 Å². The summed E-state index contributed by atoms with van der Waals surface area (Å²) in [7, 11) is -4.12. The van der Waals surface area contributed by atoms with E-state index in [0.29, 0.717) is 23.7 Å². The molecule has 0 saturated heterocycles. The number of carbonyl (C=O) groups is 2. The molecule has 0 aliphatic rings. The number of benzene rings is 3. The van der Waals surface area contributed by atoms with Crippen molar-refractivity contribution in [3.63, 3.8) is 0 Å². The second-order valence-corrected chi connectivity index (χ2v) is 11.3. The van der Waals surface area contributed by atoms with E-state index >= 15 is 0 Å². The highest BCUT2D eigenvalue weighted by atomic mass is 35.5. The normalized spacial score (nSPS) is 12.0. The largest absolute Gasteiger partial charge is 0.354 e. The molecule has 0 radical (unpaired) electrons. The standard InChI is InChI=1S/C29H34ClN3O4S/c1-4-19-31-29(35)27(5-2)32(20-23-12-10-9-11-22(23)3)28(34)21-33(25-13-7-6-8-14-25)38(36,37)26-17-15-24(30)16-18-26/h6-18,27H,4-5,19-21H2,1-3H3,(H,31,35)/t27-/m1/s1. The van der Waals surface area contributed by atoms with E-state index in [2.05, 4.69) is 5.32 Å². The van der Waals surface area contributed by atoms with Crippen LogP contribution in [0.25, 0.3) is 0 Å². The molecule has 3 rings (SSSR count). The molecule has 0 aliphatic heterocycles. The first kappa shape index (κ1) is 29.2. The Hall–Kier alpha value is -3.36. The fourth-order valence-electron chi connectivity index (χ4n) is 4.11. The lowest BCUT2D eigenvalue weighted by atomic mass is 10.1. The fraction of sp³-hybridized carbons (Fsp3) is 0.310. The number of hydrogen-bond acceptors (Lipinski definition) is 4. The van der Waals surface area contributed by atoms with E-state index in [1.54, 1.807) is 30.3 Å². The summed E-state index contributed by atoms with van der Waals surface area (Å²) in [6, 6.07) is 21.2. The molecule has 0 fully saturated rings. The number of anilines is 1. The van der Waals surface area contributed by atoms with Crippen LogP contribution in [0, 0.1) is 6.92 Å². The average Bonchev–Trinajstić information content (AvgIpc) is 2.92. The predicted octanol–water partition coefficient (Wildman–Crippen LogP) is 5.18. The zero-order valence-electron chi connectivity index (χ0n) is 21.9. The third-order valence-corrected chi connectivity index (χ3v) is 8.30. The molecule has 1 atom stereocenters. The monoisotopic (exact) mass is 555 g/mol. The SMILES string of the molecule is CCCNC(=O)[C@@H](CC)N(Cc1ccccc1C)C(=O)CN(c1ccccc1)S(=O)(=O)c1ccc(Cl)cc1. The van der Waals surface area contributed by atoms with Gasteiger partial charge in [-0.3, -0.25) is 13.9 Å². The number of rotatable bonds is 12. The fourth-order valence-corrected chi connectivity index (χ4v) is 5.65. The van der Waals surface area contributed by atoms with Gasteiger partial charge in [-0.2, -0.15) is 0 Å². The van der Waals surface area contributed by atoms with E-state index in [1.165, 1.54) is 29.2 Å². The smallest absolute Gasteiger partial charge is 0.264 e. The van der Waals surface area contributed by atoms with Crippen LogP contribution >= 0.6 is 11.6 Å². The molecule has 0 aliphatic carbocycles. The molecule has 3 aromatic carbocycles. The molecular formula is C29H34ClN3O4S. The summed E-state index contributed by atoms with van der Waals surface area (Å²) >= 11 is 5.98. The number of aryl methyl sites for hydroxylation is 1. The number of halogens is 1. The Morgan fingerprint density at radius 3 is 2.16 bits per heavy atom. The Bertz CT molecular complexity index is 1330. The van der Waals surface area contributed by atoms with Crippen molar-refractivity contribution < 1.29 is 18.0 Å². The van der Waals surface area contributed by atoms with Gasteiger partial charge in [-0.05, 0) is 67.3 Å². The Labute approximate surface area is 230 Å². The molecule has 0 spiro atoms. The van der Waals surface area contributed by atoms with Crippen LogP contribution in [-0.2, 0) is 26.2 Å². The summed E-state index contributed by atoms with van der Waals surface area (Å²) in [5.74, 6) is -0.740. The molecule has 9 heteroatoms. The highest BCUT2D eigenvalue weighted by molar-refractivity contribution is 7.92. The molecule has 0 bridgehead atoms. The minimum atomic E-state index is -4.12. The predicted molar refractivity (Wildman–Crippen MR) is 152 cm³/mol. The molecule has 3 aromatic rings. The van der Waals surface area contributed by atoms with Crippen molar-refractivity contribution in [3.05, 3.63) is 95.0 Å². The first-order valence-corrected chi connectivity index (χ1v) is 14.5. The highest BCUT2D eigenvalue weighted by Crippen LogP contribution is 2.26. The number of hydrogen-bond donors (Lipinski definition) is 1. The minimum Gasteiger partial charge on any atom is -0.354 e. The van der Waals surface area contributed by atoms with Gasteiger partial charge in [0, 0.05) is 18.1 Å². The number of amides is 2. The van der Waals surface area contributed by atoms with Gasteiger partial charge in [0.2, 0.25) is 11.8 Å². The second-order valence-electron chi connectivity index (χ2n) is 8.96. The third kappa shape index (κ3) is 7.14. The van der Waals surface area contributed by atoms with Gasteiger partial charge in [0.1, 0.15) is 12.6 Å². The van der Waals surface area contributed by atoms with Crippen molar-refractivity contribution in [2.75, 3.05) is 17.4 Å². The summed E-state index contributed by atoms with van der Waals surface area (Å²) in [6.45, 7) is 5.93. The Morgan fingerprint density at radius 1 is 0.921 bits per heavy atom. The van der Waals surface area contributed by atoms with Gasteiger partial charge in [-0.25, -0.2) is 8.42 Å². The maximum absolute atomic E-state index is 14.0. The molecule has 38 heavy (non-hydrogen) atoms. The van der Waals surface area contributed by atoms with Crippen molar-refractivity contribution in [2.24, 2.45) is 0 Å². The second kappa shape index (κ2) is 13.4. The number of para-hydroxylation sites is 1. The Morgan fingerprint density at radius 2 is 1.55 bits per heavy atom. The maximum Gasteiger partial charge on any atom is 0.264 e. The van der Waals surface area contributed by atoms with E-state index in [4.69, 9.17) is 11.6 Å². The lowest BCUT2D eigenvalue weighted by Gasteiger charge is -2.33. The lowest BCUT2D eigenvalue weighted by molar-refractivity contribution is -0.140. The van der Waals surface area contributed by atoms with Crippen molar-refractivity contribution >= 4 is 39.1 Å². The van der Waals surface area contributed by atoms with Gasteiger partial charge in [-0.1, -0.05) is 67.9 Å². The van der Waals surface area contributed by atoms with Gasteiger partial charge in [0.25, 0.3) is 10.0 Å². The quantitative estimate of drug-likeness (QED) is 0.334. The Kier molecular flexibility index (Phi) is 10.3. The number of carbonyl (C=O) groups excluding carboxylic acids is 2. The summed E-state index contributed by atoms with van der Waals surface area (Å²) < 4.78 is 28.6. The van der Waals surface area contributed by atoms with Gasteiger partial charge in [0.15, 0.2) is 0 Å². The van der Waals surface area contributed by atoms with Gasteiger partial charge < -0.3 is 10.2 Å². The van der Waals surface area contributed by atoms with Crippen molar-refractivity contribution in [2.45, 2.75) is 51.1 Å². The zero-order valence-corrected chi connectivity index (χ0v) is 23.5. The summed E-state index contributed by atoms with van der Waals surface area (Å²) in [4.78, 5) is 28.6. The van der Waals surface area contributed by atoms with Gasteiger partial charge in [0.05, 0.1) is 10.6 Å². The first-order chi connectivity index (χ1) is 18.2. The molecule has 0 saturated carbocycles. The molecule has 0 unspecified atom stereocenters. The van der Waals surface area contributed by atoms with Gasteiger partial charge >= 0.3 is 0 Å². The van der Waals surface area contributed by atoms with Crippen LogP contribution in [0.1, 0.15) is 37.8 Å². The van der Waals surface area contributed by atoms with Crippen molar-refractivity contribution in [3.8, 4) is 0 Å². The van der Waals surface area contributed by atoms with E-state index in [-0.39, 0.29) is 17.3 Å². The Balaban J connectivity index is 2.03. The van der Waals surface area contributed by atoms with Crippen LogP contribution in [0.15, 0.2) is 83.8 Å². The number of sulfonamides is 1. The van der Waals surface area contributed by atoms with Gasteiger partial charge in [-0.15, -0.1) is 0 Å². The van der Waals surface area contributed by atoms with E-state index in [1.807, 2.05) is 45.0 Å². The summed E-state index contributed by atoms with van der Waals surface area (Å²) in [5.41, 5.74) is 2.20. The molecule has 0 aromatic heterocycles. The zero-order chi connectivity index (χ0) is 27.7.